The molecule has 0 saturated heterocycles. The molecule has 25 heavy (non-hydrogen) atoms. The molecule has 0 atom stereocenters. The Morgan fingerprint density at radius 2 is 2.20 bits per heavy atom. The van der Waals surface area contributed by atoms with E-state index in [0.717, 1.165) is 53.5 Å². The molecule has 128 valence electrons. The van der Waals surface area contributed by atoms with Crippen LogP contribution in [0.5, 0.6) is 0 Å². The molecule has 1 aliphatic rings. The van der Waals surface area contributed by atoms with Crippen LogP contribution < -0.4 is 4.90 Å². The third-order valence-corrected chi connectivity index (χ3v) is 4.57. The Labute approximate surface area is 145 Å². The van der Waals surface area contributed by atoms with Crippen LogP contribution in [0.15, 0.2) is 35.0 Å². The van der Waals surface area contributed by atoms with Gasteiger partial charge in [0.25, 0.3) is 0 Å². The van der Waals surface area contributed by atoms with Crippen molar-refractivity contribution >= 4 is 5.82 Å². The number of rotatable bonds is 3. The topological polar surface area (TPSA) is 55.1 Å². The van der Waals surface area contributed by atoms with Crippen molar-refractivity contribution < 1.29 is 8.91 Å². The average molecular weight is 338 g/mol. The minimum absolute atomic E-state index is 0.276. The lowest BCUT2D eigenvalue weighted by Crippen LogP contribution is -2.31. The molecule has 5 nitrogen and oxygen atoms in total. The van der Waals surface area contributed by atoms with E-state index >= 15 is 0 Å². The van der Waals surface area contributed by atoms with Crippen molar-refractivity contribution in [2.75, 3.05) is 11.4 Å². The second-order valence-electron chi connectivity index (χ2n) is 6.23. The number of anilines is 1. The molecule has 0 saturated carbocycles. The summed E-state index contributed by atoms with van der Waals surface area (Å²) in [5.74, 6) is 2.32. The van der Waals surface area contributed by atoms with Crippen LogP contribution in [0.2, 0.25) is 0 Å². The number of aryl methyl sites for hydroxylation is 2. The molecule has 0 fully saturated rings. The maximum atomic E-state index is 13.6. The van der Waals surface area contributed by atoms with Gasteiger partial charge in [0.05, 0.1) is 6.54 Å². The zero-order valence-corrected chi connectivity index (χ0v) is 14.3. The fourth-order valence-corrected chi connectivity index (χ4v) is 3.26. The molecule has 4 rings (SSSR count). The number of hydrogen-bond acceptors (Lipinski definition) is 5. The van der Waals surface area contributed by atoms with Crippen molar-refractivity contribution in [2.45, 2.75) is 33.2 Å². The Balaban J connectivity index is 1.72. The van der Waals surface area contributed by atoms with E-state index in [9.17, 15) is 4.39 Å². The summed E-state index contributed by atoms with van der Waals surface area (Å²) in [6.07, 6.45) is 3.53. The number of nitrogens with zero attached hydrogens (tertiary/aromatic N) is 4. The molecule has 0 N–H and O–H groups in total. The fourth-order valence-electron chi connectivity index (χ4n) is 3.26. The molecule has 0 spiro atoms. The predicted octanol–water partition coefficient (Wildman–Crippen LogP) is 3.70. The van der Waals surface area contributed by atoms with Gasteiger partial charge in [-0.3, -0.25) is 0 Å². The first-order valence-electron chi connectivity index (χ1n) is 8.46. The predicted molar refractivity (Wildman–Crippen MR) is 92.8 cm³/mol. The van der Waals surface area contributed by atoms with Gasteiger partial charge in [-0.25, -0.2) is 14.4 Å². The van der Waals surface area contributed by atoms with Crippen LogP contribution in [0, 0.1) is 12.7 Å². The molecule has 1 aromatic carbocycles. The Morgan fingerprint density at radius 1 is 1.32 bits per heavy atom. The van der Waals surface area contributed by atoms with Gasteiger partial charge in [-0.1, -0.05) is 24.2 Å². The van der Waals surface area contributed by atoms with Gasteiger partial charge in [-0.05, 0) is 25.5 Å². The highest BCUT2D eigenvalue weighted by Crippen LogP contribution is 2.32. The van der Waals surface area contributed by atoms with Gasteiger partial charge < -0.3 is 9.42 Å². The number of halogens is 1. The molecule has 0 bridgehead atoms. The van der Waals surface area contributed by atoms with E-state index < -0.39 is 0 Å². The number of benzene rings is 1. The molecule has 0 unspecified atom stereocenters. The maximum Gasteiger partial charge on any atom is 0.144 e. The second-order valence-corrected chi connectivity index (χ2v) is 6.23. The van der Waals surface area contributed by atoms with Crippen LogP contribution in [-0.4, -0.2) is 21.7 Å². The van der Waals surface area contributed by atoms with Crippen LogP contribution in [0.3, 0.4) is 0 Å². The molecule has 6 heteroatoms. The molecular weight excluding hydrogens is 319 g/mol. The smallest absolute Gasteiger partial charge is 0.144 e. The lowest BCUT2D eigenvalue weighted by Gasteiger charge is -2.29. The van der Waals surface area contributed by atoms with Crippen molar-refractivity contribution in [3.05, 3.63) is 59.0 Å². The normalized spacial score (nSPS) is 13.8. The van der Waals surface area contributed by atoms with E-state index in [0.29, 0.717) is 12.2 Å². The Kier molecular flexibility index (Phi) is 3.95. The lowest BCUT2D eigenvalue weighted by molar-refractivity contribution is 0.378. The summed E-state index contributed by atoms with van der Waals surface area (Å²) in [6, 6.07) is 6.46. The van der Waals surface area contributed by atoms with Crippen LogP contribution in [0.4, 0.5) is 10.2 Å². The van der Waals surface area contributed by atoms with Gasteiger partial charge in [0.1, 0.15) is 28.9 Å². The second kappa shape index (κ2) is 6.27. The highest BCUT2D eigenvalue weighted by Gasteiger charge is 2.27. The standard InChI is InChI=1S/C19H19FN4O/c1-3-13-10-21-12(2)22-19(13)24-8-7-17-16(11-24)18(23-25-17)14-5-4-6-15(20)9-14/h4-6,9-10H,3,7-8,11H2,1-2H3. The molecule has 1 aliphatic heterocycles. The third kappa shape index (κ3) is 2.88. The van der Waals surface area contributed by atoms with E-state index in [1.165, 1.54) is 12.1 Å². The lowest BCUT2D eigenvalue weighted by atomic mass is 10.0. The van der Waals surface area contributed by atoms with Crippen LogP contribution in [-0.2, 0) is 19.4 Å². The molecule has 3 aromatic rings. The van der Waals surface area contributed by atoms with E-state index in [1.54, 1.807) is 6.07 Å². The Hall–Kier alpha value is -2.76. The zero-order chi connectivity index (χ0) is 17.4. The van der Waals surface area contributed by atoms with Gasteiger partial charge in [0, 0.05) is 35.9 Å². The molecule has 0 aliphatic carbocycles. The van der Waals surface area contributed by atoms with Crippen molar-refractivity contribution in [3.63, 3.8) is 0 Å². The minimum Gasteiger partial charge on any atom is -0.360 e. The fraction of sp³-hybridized carbons (Fsp3) is 0.316. The molecular formula is C19H19FN4O. The minimum atomic E-state index is -0.276. The summed E-state index contributed by atoms with van der Waals surface area (Å²) < 4.78 is 19.1. The average Bonchev–Trinajstić information content (AvgIpc) is 3.05. The van der Waals surface area contributed by atoms with Gasteiger partial charge in [-0.2, -0.15) is 0 Å². The first-order chi connectivity index (χ1) is 12.2. The van der Waals surface area contributed by atoms with Gasteiger partial charge in [-0.15, -0.1) is 0 Å². The highest BCUT2D eigenvalue weighted by atomic mass is 19.1. The molecule has 0 amide bonds. The molecule has 2 aromatic heterocycles. The summed E-state index contributed by atoms with van der Waals surface area (Å²) in [5, 5.41) is 4.20. The van der Waals surface area contributed by atoms with E-state index in [2.05, 4.69) is 26.9 Å². The largest absolute Gasteiger partial charge is 0.360 e. The van der Waals surface area contributed by atoms with Crippen molar-refractivity contribution in [2.24, 2.45) is 0 Å². The van der Waals surface area contributed by atoms with Gasteiger partial charge in [0.15, 0.2) is 0 Å². The molecule has 3 heterocycles. The Morgan fingerprint density at radius 3 is 3.00 bits per heavy atom. The van der Waals surface area contributed by atoms with E-state index in [4.69, 9.17) is 4.52 Å². The van der Waals surface area contributed by atoms with Crippen molar-refractivity contribution in [3.8, 4) is 11.3 Å². The summed E-state index contributed by atoms with van der Waals surface area (Å²) >= 11 is 0. The number of fused-ring (bicyclic) bond motifs is 1. The summed E-state index contributed by atoms with van der Waals surface area (Å²) in [5.41, 5.74) is 3.58. The summed E-state index contributed by atoms with van der Waals surface area (Å²) in [7, 11) is 0. The summed E-state index contributed by atoms with van der Waals surface area (Å²) in [4.78, 5) is 11.2. The van der Waals surface area contributed by atoms with Crippen LogP contribution in [0.25, 0.3) is 11.3 Å². The third-order valence-electron chi connectivity index (χ3n) is 4.57. The van der Waals surface area contributed by atoms with Gasteiger partial charge in [0.2, 0.25) is 0 Å². The number of aromatic nitrogens is 3. The zero-order valence-electron chi connectivity index (χ0n) is 14.3. The van der Waals surface area contributed by atoms with Gasteiger partial charge >= 0.3 is 0 Å². The number of hydrogen-bond donors (Lipinski definition) is 0. The summed E-state index contributed by atoms with van der Waals surface area (Å²) in [6.45, 7) is 5.46. The van der Waals surface area contributed by atoms with Crippen LogP contribution in [0.1, 0.15) is 29.6 Å². The van der Waals surface area contributed by atoms with Crippen LogP contribution >= 0.6 is 0 Å². The maximum absolute atomic E-state index is 13.6. The van der Waals surface area contributed by atoms with Crippen molar-refractivity contribution in [1.82, 2.24) is 15.1 Å². The first kappa shape index (κ1) is 15.7. The monoisotopic (exact) mass is 338 g/mol. The van der Waals surface area contributed by atoms with E-state index in [1.807, 2.05) is 19.2 Å². The Bertz CT molecular complexity index is 922. The highest BCUT2D eigenvalue weighted by molar-refractivity contribution is 5.65. The first-order valence-corrected chi connectivity index (χ1v) is 8.46. The van der Waals surface area contributed by atoms with E-state index in [-0.39, 0.29) is 5.82 Å². The quantitative estimate of drug-likeness (QED) is 0.729. The SMILES string of the molecule is CCc1cnc(C)nc1N1CCc2onc(-c3cccc(F)c3)c2C1. The molecule has 0 radical (unpaired) electrons. The van der Waals surface area contributed by atoms with Crippen molar-refractivity contribution in [1.29, 1.82) is 0 Å².